The van der Waals surface area contributed by atoms with Crippen molar-refractivity contribution in [2.75, 3.05) is 6.61 Å². The molecule has 0 heterocycles. The Morgan fingerprint density at radius 2 is 1.69 bits per heavy atom. The number of Topliss-reactive ketones (excluding diaryl/α,β-unsaturated/α-hetero) is 1. The fourth-order valence-corrected chi connectivity index (χ4v) is 2.70. The Morgan fingerprint density at radius 1 is 0.962 bits per heavy atom. The first kappa shape index (κ1) is 17.0. The monoisotopic (exact) mass is 338 g/mol. The molecule has 124 valence electrons. The zero-order valence-electron chi connectivity index (χ0n) is 13.8. The van der Waals surface area contributed by atoms with Gasteiger partial charge < -0.3 is 4.74 Å². The highest BCUT2D eigenvalue weighted by atomic mass is 16.5. The minimum atomic E-state index is -0.354. The molecule has 4 nitrogen and oxygen atoms in total. The Labute approximate surface area is 151 Å². The quantitative estimate of drug-likeness (QED) is 0.389. The van der Waals surface area contributed by atoms with Gasteiger partial charge in [0.25, 0.3) is 0 Å². The lowest BCUT2D eigenvalue weighted by atomic mass is 9.98. The highest BCUT2D eigenvalue weighted by Gasteiger charge is 2.14. The maximum Gasteiger partial charge on any atom is 0.203 e. The standard InChI is InChI=1S/C22H14N2O2/c23-12-13-26-21-11-10-16-6-4-5-9-19(16)20(21)14-18(15-24)22(25)17-7-2-1-3-8-17/h1-11,14H,13H2/b18-14+. The minimum Gasteiger partial charge on any atom is -0.478 e. The number of ether oxygens (including phenoxy) is 1. The van der Waals surface area contributed by atoms with Gasteiger partial charge in [0.1, 0.15) is 23.5 Å². The molecular formula is C22H14N2O2. The minimum absolute atomic E-state index is 0.00867. The first-order chi connectivity index (χ1) is 12.7. The van der Waals surface area contributed by atoms with E-state index in [1.165, 1.54) is 6.08 Å². The van der Waals surface area contributed by atoms with Crippen molar-refractivity contribution in [1.82, 2.24) is 0 Å². The van der Waals surface area contributed by atoms with Crippen molar-refractivity contribution in [2.45, 2.75) is 0 Å². The van der Waals surface area contributed by atoms with Crippen LogP contribution in [0.15, 0.2) is 72.3 Å². The second-order valence-corrected chi connectivity index (χ2v) is 5.51. The summed E-state index contributed by atoms with van der Waals surface area (Å²) in [6, 6.07) is 23.8. The zero-order valence-corrected chi connectivity index (χ0v) is 13.8. The SMILES string of the molecule is N#CCOc1ccc2ccccc2c1/C=C(\C#N)C(=O)c1ccccc1. The van der Waals surface area contributed by atoms with Crippen LogP contribution in [0, 0.1) is 22.7 Å². The number of benzene rings is 3. The van der Waals surface area contributed by atoms with Crippen molar-refractivity contribution in [3.63, 3.8) is 0 Å². The number of carbonyl (C=O) groups is 1. The highest BCUT2D eigenvalue weighted by Crippen LogP contribution is 2.30. The molecule has 0 bridgehead atoms. The molecule has 4 heteroatoms. The van der Waals surface area contributed by atoms with E-state index in [1.54, 1.807) is 30.3 Å². The molecule has 0 amide bonds. The van der Waals surface area contributed by atoms with Gasteiger partial charge in [0.05, 0.1) is 0 Å². The van der Waals surface area contributed by atoms with E-state index in [2.05, 4.69) is 0 Å². The van der Waals surface area contributed by atoms with E-state index in [-0.39, 0.29) is 18.0 Å². The molecule has 0 atom stereocenters. The number of nitriles is 2. The third-order valence-corrected chi connectivity index (χ3v) is 3.91. The van der Waals surface area contributed by atoms with E-state index in [0.29, 0.717) is 16.9 Å². The van der Waals surface area contributed by atoms with E-state index < -0.39 is 0 Å². The van der Waals surface area contributed by atoms with Crippen LogP contribution in [0.25, 0.3) is 16.8 Å². The summed E-state index contributed by atoms with van der Waals surface area (Å²) < 4.78 is 5.50. The van der Waals surface area contributed by atoms with Gasteiger partial charge in [-0.05, 0) is 22.9 Å². The van der Waals surface area contributed by atoms with Gasteiger partial charge in [-0.15, -0.1) is 0 Å². The average Bonchev–Trinajstić information content (AvgIpc) is 2.71. The number of hydrogen-bond acceptors (Lipinski definition) is 4. The van der Waals surface area contributed by atoms with E-state index in [0.717, 1.165) is 10.8 Å². The van der Waals surface area contributed by atoms with Gasteiger partial charge in [0.2, 0.25) is 5.78 Å². The number of carbonyl (C=O) groups excluding carboxylic acids is 1. The number of allylic oxidation sites excluding steroid dienone is 1. The summed E-state index contributed by atoms with van der Waals surface area (Å²) in [7, 11) is 0. The number of fused-ring (bicyclic) bond motifs is 1. The number of ketones is 1. The van der Waals surface area contributed by atoms with Gasteiger partial charge in [-0.25, -0.2) is 0 Å². The summed E-state index contributed by atoms with van der Waals surface area (Å²) in [4.78, 5) is 12.7. The number of rotatable bonds is 5. The Kier molecular flexibility index (Phi) is 5.08. The van der Waals surface area contributed by atoms with Crippen molar-refractivity contribution in [2.24, 2.45) is 0 Å². The smallest absolute Gasteiger partial charge is 0.203 e. The summed E-state index contributed by atoms with van der Waals surface area (Å²) in [5, 5.41) is 20.1. The molecule has 3 rings (SSSR count). The molecule has 0 aromatic heterocycles. The van der Waals surface area contributed by atoms with Crippen molar-refractivity contribution in [3.05, 3.63) is 83.4 Å². The van der Waals surface area contributed by atoms with Crippen LogP contribution in [-0.4, -0.2) is 12.4 Å². The second-order valence-electron chi connectivity index (χ2n) is 5.51. The van der Waals surface area contributed by atoms with Gasteiger partial charge in [0, 0.05) is 11.1 Å². The largest absolute Gasteiger partial charge is 0.478 e. The van der Waals surface area contributed by atoms with Crippen LogP contribution in [-0.2, 0) is 0 Å². The van der Waals surface area contributed by atoms with Crippen LogP contribution in [0.3, 0.4) is 0 Å². The Balaban J connectivity index is 2.15. The summed E-state index contributed by atoms with van der Waals surface area (Å²) >= 11 is 0. The average molecular weight is 338 g/mol. The lowest BCUT2D eigenvalue weighted by Crippen LogP contribution is -2.02. The Hall–Kier alpha value is -3.89. The van der Waals surface area contributed by atoms with Gasteiger partial charge in [-0.2, -0.15) is 10.5 Å². The summed E-state index contributed by atoms with van der Waals surface area (Å²) in [6.45, 7) is -0.117. The molecule has 3 aromatic rings. The molecule has 0 saturated heterocycles. The highest BCUT2D eigenvalue weighted by molar-refractivity contribution is 6.15. The predicted molar refractivity (Wildman–Crippen MR) is 99.4 cm³/mol. The molecular weight excluding hydrogens is 324 g/mol. The molecule has 0 aliphatic carbocycles. The first-order valence-electron chi connectivity index (χ1n) is 7.97. The van der Waals surface area contributed by atoms with E-state index in [1.807, 2.05) is 48.5 Å². The van der Waals surface area contributed by atoms with Crippen LogP contribution in [0.4, 0.5) is 0 Å². The van der Waals surface area contributed by atoms with E-state index >= 15 is 0 Å². The van der Waals surface area contributed by atoms with E-state index in [4.69, 9.17) is 10.00 Å². The molecule has 0 aliphatic heterocycles. The second kappa shape index (κ2) is 7.79. The van der Waals surface area contributed by atoms with Gasteiger partial charge in [-0.3, -0.25) is 4.79 Å². The first-order valence-corrected chi connectivity index (χ1v) is 7.97. The Bertz CT molecular complexity index is 1070. The maximum atomic E-state index is 12.7. The summed E-state index contributed by atoms with van der Waals surface area (Å²) in [5.74, 6) is 0.103. The number of nitrogens with zero attached hydrogens (tertiary/aromatic N) is 2. The zero-order chi connectivity index (χ0) is 18.4. The summed E-state index contributed by atoms with van der Waals surface area (Å²) in [5.41, 5.74) is 1.06. The van der Waals surface area contributed by atoms with Crippen LogP contribution in [0.2, 0.25) is 0 Å². The molecule has 0 aliphatic rings. The fraction of sp³-hybridized carbons (Fsp3) is 0.0455. The lowest BCUT2D eigenvalue weighted by molar-refractivity contribution is 0.104. The van der Waals surface area contributed by atoms with Crippen LogP contribution in [0.5, 0.6) is 5.75 Å². The maximum absolute atomic E-state index is 12.7. The molecule has 3 aromatic carbocycles. The molecule has 0 fully saturated rings. The normalized spacial score (nSPS) is 10.8. The van der Waals surface area contributed by atoms with Crippen LogP contribution in [0.1, 0.15) is 15.9 Å². The van der Waals surface area contributed by atoms with E-state index in [9.17, 15) is 10.1 Å². The molecule has 0 unspecified atom stereocenters. The van der Waals surface area contributed by atoms with Gasteiger partial charge in [0.15, 0.2) is 6.61 Å². The number of hydrogen-bond donors (Lipinski definition) is 0. The van der Waals surface area contributed by atoms with Crippen LogP contribution >= 0.6 is 0 Å². The molecule has 0 saturated carbocycles. The predicted octanol–water partition coefficient (Wildman–Crippen LogP) is 4.53. The van der Waals surface area contributed by atoms with Crippen molar-refractivity contribution < 1.29 is 9.53 Å². The topological polar surface area (TPSA) is 73.9 Å². The van der Waals surface area contributed by atoms with Crippen LogP contribution < -0.4 is 4.74 Å². The third-order valence-electron chi connectivity index (χ3n) is 3.91. The van der Waals surface area contributed by atoms with Crippen molar-refractivity contribution >= 4 is 22.6 Å². The molecule has 0 spiro atoms. The van der Waals surface area contributed by atoms with Gasteiger partial charge >= 0.3 is 0 Å². The van der Waals surface area contributed by atoms with Gasteiger partial charge in [-0.1, -0.05) is 60.7 Å². The third kappa shape index (κ3) is 3.45. The lowest BCUT2D eigenvalue weighted by Gasteiger charge is -2.10. The van der Waals surface area contributed by atoms with Crippen molar-refractivity contribution in [3.8, 4) is 17.9 Å². The summed E-state index contributed by atoms with van der Waals surface area (Å²) in [6.07, 6.45) is 1.53. The molecule has 0 N–H and O–H groups in total. The van der Waals surface area contributed by atoms with Crippen molar-refractivity contribution in [1.29, 1.82) is 10.5 Å². The Morgan fingerprint density at radius 3 is 2.42 bits per heavy atom. The molecule has 0 radical (unpaired) electrons. The fourth-order valence-electron chi connectivity index (χ4n) is 2.70. The molecule has 26 heavy (non-hydrogen) atoms.